The van der Waals surface area contributed by atoms with Gasteiger partial charge in [-0.3, -0.25) is 9.59 Å². The maximum absolute atomic E-state index is 12.1. The van der Waals surface area contributed by atoms with Crippen molar-refractivity contribution in [1.29, 1.82) is 0 Å². The van der Waals surface area contributed by atoms with E-state index in [1.54, 1.807) is 12.1 Å². The lowest BCUT2D eigenvalue weighted by molar-refractivity contribution is -0.150. The number of ether oxygens (including phenoxy) is 3. The van der Waals surface area contributed by atoms with Crippen LogP contribution in [0.5, 0.6) is 11.5 Å². The molecule has 0 spiro atoms. The Bertz CT molecular complexity index is 937. The second kappa shape index (κ2) is 10.4. The smallest absolute Gasteiger partial charge is 0.344 e. The summed E-state index contributed by atoms with van der Waals surface area (Å²) in [4.78, 5) is 35.4. The lowest BCUT2D eigenvalue weighted by Crippen LogP contribution is -2.32. The number of hydrogen-bond acceptors (Lipinski definition) is 6. The van der Waals surface area contributed by atoms with Gasteiger partial charge in [-0.25, -0.2) is 4.79 Å². The number of benzene rings is 2. The zero-order chi connectivity index (χ0) is 22.3. The highest BCUT2D eigenvalue weighted by atomic mass is 16.6. The Morgan fingerprint density at radius 3 is 2.33 bits per heavy atom. The molecule has 0 unspecified atom stereocenters. The van der Waals surface area contributed by atoms with Gasteiger partial charge < -0.3 is 19.5 Å². The van der Waals surface area contributed by atoms with E-state index in [4.69, 9.17) is 14.2 Å². The second-order valence-electron chi connectivity index (χ2n) is 7.00. The van der Waals surface area contributed by atoms with Crippen molar-refractivity contribution in [3.8, 4) is 11.5 Å². The molecule has 0 saturated carbocycles. The van der Waals surface area contributed by atoms with E-state index in [2.05, 4.69) is 5.32 Å². The highest BCUT2D eigenvalue weighted by Crippen LogP contribution is 2.28. The fourth-order valence-electron chi connectivity index (χ4n) is 2.73. The summed E-state index contributed by atoms with van der Waals surface area (Å²) in [5, 5.41) is 2.80. The van der Waals surface area contributed by atoms with E-state index in [9.17, 15) is 14.4 Å². The number of nitrogens with one attached hydrogen (secondary N) is 1. The third-order valence-electron chi connectivity index (χ3n) is 4.69. The summed E-state index contributed by atoms with van der Waals surface area (Å²) >= 11 is 0. The minimum atomic E-state index is -0.693. The Hall–Kier alpha value is -3.35. The molecule has 0 heterocycles. The molecule has 7 heteroatoms. The molecule has 1 amide bonds. The highest BCUT2D eigenvalue weighted by Gasteiger charge is 2.14. The number of hydrogen-bond donors (Lipinski definition) is 1. The Morgan fingerprint density at radius 2 is 1.70 bits per heavy atom. The number of amides is 1. The Labute approximate surface area is 176 Å². The van der Waals surface area contributed by atoms with Crippen LogP contribution in [-0.4, -0.2) is 38.0 Å². The van der Waals surface area contributed by atoms with Gasteiger partial charge in [-0.05, 0) is 62.6 Å². The Balaban J connectivity index is 1.82. The molecule has 0 aromatic heterocycles. The number of Topliss-reactive ketones (excluding diaryl/α,β-unsaturated/α-hetero) is 1. The molecule has 0 aliphatic heterocycles. The van der Waals surface area contributed by atoms with Gasteiger partial charge in [0.1, 0.15) is 0 Å². The van der Waals surface area contributed by atoms with Crippen LogP contribution in [0.3, 0.4) is 0 Å². The third-order valence-corrected chi connectivity index (χ3v) is 4.69. The predicted octanol–water partition coefficient (Wildman–Crippen LogP) is 3.31. The van der Waals surface area contributed by atoms with Crippen molar-refractivity contribution in [2.75, 3.05) is 20.3 Å². The zero-order valence-electron chi connectivity index (χ0n) is 17.9. The topological polar surface area (TPSA) is 90.9 Å². The van der Waals surface area contributed by atoms with Crippen molar-refractivity contribution < 1.29 is 28.6 Å². The van der Waals surface area contributed by atoms with Crippen molar-refractivity contribution in [3.63, 3.8) is 0 Å². The number of ketones is 1. The Morgan fingerprint density at radius 1 is 0.967 bits per heavy atom. The molecule has 0 radical (unpaired) electrons. The van der Waals surface area contributed by atoms with E-state index in [-0.39, 0.29) is 11.8 Å². The first kappa shape index (κ1) is 22.9. The van der Waals surface area contributed by atoms with Gasteiger partial charge in [-0.15, -0.1) is 0 Å². The van der Waals surface area contributed by atoms with Crippen LogP contribution in [0.25, 0.3) is 0 Å². The first-order valence-corrected chi connectivity index (χ1v) is 9.55. The van der Waals surface area contributed by atoms with Gasteiger partial charge >= 0.3 is 5.97 Å². The summed E-state index contributed by atoms with van der Waals surface area (Å²) in [7, 11) is 1.44. The molecular formula is C23H27NO6. The van der Waals surface area contributed by atoms with Crippen molar-refractivity contribution in [1.82, 2.24) is 5.32 Å². The standard InChI is InChI=1S/C23H27NO6/c1-14-6-7-18(10-15(14)2)16(3)24-22(26)12-30-23(27)13-29-20-9-8-19(17(4)25)11-21(20)28-5/h6-11,16H,12-13H2,1-5H3,(H,24,26)/t16-/m1/s1. The average molecular weight is 413 g/mol. The maximum atomic E-state index is 12.1. The molecule has 7 nitrogen and oxygen atoms in total. The molecule has 2 aromatic carbocycles. The summed E-state index contributed by atoms with van der Waals surface area (Å²) < 4.78 is 15.5. The van der Waals surface area contributed by atoms with E-state index in [1.165, 1.54) is 25.7 Å². The zero-order valence-corrected chi connectivity index (χ0v) is 17.9. The number of carbonyl (C=O) groups is 3. The molecule has 30 heavy (non-hydrogen) atoms. The molecule has 0 bridgehead atoms. The monoisotopic (exact) mass is 413 g/mol. The maximum Gasteiger partial charge on any atom is 0.344 e. The van der Waals surface area contributed by atoms with Crippen LogP contribution >= 0.6 is 0 Å². The van der Waals surface area contributed by atoms with Gasteiger partial charge in [-0.2, -0.15) is 0 Å². The van der Waals surface area contributed by atoms with Crippen LogP contribution in [0.15, 0.2) is 36.4 Å². The van der Waals surface area contributed by atoms with Crippen LogP contribution in [0.1, 0.15) is 46.9 Å². The van der Waals surface area contributed by atoms with Crippen LogP contribution in [0.4, 0.5) is 0 Å². The van der Waals surface area contributed by atoms with Crippen molar-refractivity contribution in [3.05, 3.63) is 58.7 Å². The van der Waals surface area contributed by atoms with Crippen LogP contribution in [0, 0.1) is 13.8 Å². The van der Waals surface area contributed by atoms with Crippen LogP contribution in [-0.2, 0) is 14.3 Å². The van der Waals surface area contributed by atoms with Gasteiger partial charge in [0.05, 0.1) is 13.2 Å². The van der Waals surface area contributed by atoms with Crippen LogP contribution in [0.2, 0.25) is 0 Å². The quantitative estimate of drug-likeness (QED) is 0.501. The number of esters is 1. The first-order chi connectivity index (χ1) is 14.2. The number of aryl methyl sites for hydroxylation is 2. The van der Waals surface area contributed by atoms with Gasteiger partial charge in [-0.1, -0.05) is 18.2 Å². The molecular weight excluding hydrogens is 386 g/mol. The van der Waals surface area contributed by atoms with E-state index in [1.807, 2.05) is 39.0 Å². The van der Waals surface area contributed by atoms with Crippen molar-refractivity contribution >= 4 is 17.7 Å². The van der Waals surface area contributed by atoms with Crippen molar-refractivity contribution in [2.45, 2.75) is 33.7 Å². The summed E-state index contributed by atoms with van der Waals surface area (Å²) in [6.07, 6.45) is 0. The molecule has 1 atom stereocenters. The number of rotatable bonds is 9. The van der Waals surface area contributed by atoms with Gasteiger partial charge in [0.25, 0.3) is 5.91 Å². The molecule has 0 aliphatic rings. The minimum absolute atomic E-state index is 0.111. The SMILES string of the molecule is COc1cc(C(C)=O)ccc1OCC(=O)OCC(=O)N[C@H](C)c1ccc(C)c(C)c1. The number of carbonyl (C=O) groups excluding carboxylic acids is 3. The second-order valence-corrected chi connectivity index (χ2v) is 7.00. The molecule has 2 rings (SSSR count). The number of methoxy groups -OCH3 is 1. The molecule has 1 N–H and O–H groups in total. The minimum Gasteiger partial charge on any atom is -0.493 e. The largest absolute Gasteiger partial charge is 0.493 e. The van der Waals surface area contributed by atoms with E-state index < -0.39 is 25.1 Å². The summed E-state index contributed by atoms with van der Waals surface area (Å²) in [6.45, 7) is 6.55. The summed E-state index contributed by atoms with van der Waals surface area (Å²) in [5.74, 6) is -0.581. The summed E-state index contributed by atoms with van der Waals surface area (Å²) in [6, 6.07) is 10.4. The van der Waals surface area contributed by atoms with E-state index in [0.717, 1.165) is 11.1 Å². The van der Waals surface area contributed by atoms with Gasteiger partial charge in [0, 0.05) is 5.56 Å². The summed E-state index contributed by atoms with van der Waals surface area (Å²) in [5.41, 5.74) is 3.77. The third kappa shape index (κ3) is 6.34. The molecule has 0 saturated heterocycles. The normalized spacial score (nSPS) is 11.4. The van der Waals surface area contributed by atoms with E-state index in [0.29, 0.717) is 17.1 Å². The van der Waals surface area contributed by atoms with Crippen molar-refractivity contribution in [2.24, 2.45) is 0 Å². The fourth-order valence-corrected chi connectivity index (χ4v) is 2.73. The lowest BCUT2D eigenvalue weighted by atomic mass is 10.0. The fraction of sp³-hybridized carbons (Fsp3) is 0.348. The molecule has 160 valence electrons. The Kier molecular flexibility index (Phi) is 7.98. The average Bonchev–Trinajstić information content (AvgIpc) is 2.72. The first-order valence-electron chi connectivity index (χ1n) is 9.55. The predicted molar refractivity (Wildman–Crippen MR) is 112 cm³/mol. The molecule has 2 aromatic rings. The van der Waals surface area contributed by atoms with Gasteiger partial charge in [0.15, 0.2) is 30.5 Å². The van der Waals surface area contributed by atoms with E-state index >= 15 is 0 Å². The highest BCUT2D eigenvalue weighted by molar-refractivity contribution is 5.94. The van der Waals surface area contributed by atoms with Crippen LogP contribution < -0.4 is 14.8 Å². The molecule has 0 aliphatic carbocycles. The lowest BCUT2D eigenvalue weighted by Gasteiger charge is -2.16. The molecule has 0 fully saturated rings. The van der Waals surface area contributed by atoms with Gasteiger partial charge in [0.2, 0.25) is 0 Å².